The van der Waals surface area contributed by atoms with Crippen LogP contribution < -0.4 is 4.84 Å². The van der Waals surface area contributed by atoms with Gasteiger partial charge in [-0.25, -0.2) is 18.6 Å². The lowest BCUT2D eigenvalue weighted by Crippen LogP contribution is -2.40. The Morgan fingerprint density at radius 3 is 2.64 bits per heavy atom. The van der Waals surface area contributed by atoms with Crippen molar-refractivity contribution < 1.29 is 33.7 Å². The average Bonchev–Trinajstić information content (AvgIpc) is 3.34. The molecule has 1 unspecified atom stereocenters. The number of aromatic hydroxyl groups is 3. The second-order valence-corrected chi connectivity index (χ2v) is 8.05. The number of hydrogen-bond acceptors (Lipinski definition) is 9. The summed E-state index contributed by atoms with van der Waals surface area (Å²) in [6, 6.07) is 3.21. The van der Waals surface area contributed by atoms with Gasteiger partial charge in [-0.1, -0.05) is 0 Å². The van der Waals surface area contributed by atoms with Gasteiger partial charge in [-0.3, -0.25) is 4.99 Å². The normalized spacial score (nSPS) is 19.2. The van der Waals surface area contributed by atoms with Crippen LogP contribution in [0.3, 0.4) is 0 Å². The fourth-order valence-corrected chi connectivity index (χ4v) is 4.67. The van der Waals surface area contributed by atoms with Crippen LogP contribution in [0.2, 0.25) is 0 Å². The average molecular weight is 427 g/mol. The molecule has 1 aliphatic heterocycles. The molecule has 0 spiro atoms. The Labute approximate surface area is 163 Å². The van der Waals surface area contributed by atoms with Crippen molar-refractivity contribution in [3.05, 3.63) is 34.8 Å². The molecule has 146 valence electrons. The number of fused-ring (bicyclic) bond motifs is 1. The summed E-state index contributed by atoms with van der Waals surface area (Å²) in [5, 5.41) is 29.1. The van der Waals surface area contributed by atoms with Crippen LogP contribution in [0, 0.1) is 11.6 Å². The van der Waals surface area contributed by atoms with Crippen LogP contribution in [0.1, 0.15) is 11.9 Å². The van der Waals surface area contributed by atoms with Crippen LogP contribution >= 0.6 is 23.1 Å². The second-order valence-electron chi connectivity index (χ2n) is 6.09. The van der Waals surface area contributed by atoms with E-state index in [0.717, 1.165) is 29.5 Å². The minimum Gasteiger partial charge on any atom is -0.503 e. The standard InChI is InChI=1S/C16H11F2N3O5S2/c1-16(15(25)26-21-8(22)2-3-9(21)23)5-27-14(20-16)13-19-7-4-6(17)11(24)10(18)12(7)28-13/h2-4,22-24H,5H2,1H3. The maximum atomic E-state index is 14.0. The van der Waals surface area contributed by atoms with Gasteiger partial charge in [0.2, 0.25) is 11.8 Å². The number of rotatable bonds is 3. The Kier molecular flexibility index (Phi) is 4.19. The second kappa shape index (κ2) is 6.34. The molecule has 3 N–H and O–H groups in total. The Balaban J connectivity index is 1.65. The van der Waals surface area contributed by atoms with E-state index in [-0.39, 0.29) is 21.0 Å². The molecule has 0 bridgehead atoms. The Morgan fingerprint density at radius 2 is 1.96 bits per heavy atom. The van der Waals surface area contributed by atoms with Gasteiger partial charge < -0.3 is 20.2 Å². The van der Waals surface area contributed by atoms with E-state index in [1.165, 1.54) is 18.7 Å². The Bertz CT molecular complexity index is 1140. The van der Waals surface area contributed by atoms with Crippen molar-refractivity contribution in [1.29, 1.82) is 0 Å². The molecule has 8 nitrogen and oxygen atoms in total. The topological polar surface area (TPSA) is 117 Å². The van der Waals surface area contributed by atoms with Gasteiger partial charge in [0.1, 0.15) is 10.1 Å². The van der Waals surface area contributed by atoms with Gasteiger partial charge in [-0.05, 0) is 6.92 Å². The molecule has 4 rings (SSSR count). The zero-order valence-corrected chi connectivity index (χ0v) is 15.6. The van der Waals surface area contributed by atoms with E-state index >= 15 is 0 Å². The molecule has 2 aromatic heterocycles. The first-order valence-corrected chi connectivity index (χ1v) is 9.53. The SMILES string of the molecule is CC1(C(=O)On2c(O)ccc2O)CSC(c2nc3cc(F)c(O)c(F)c3s2)=N1. The molecular formula is C16H11F2N3O5S2. The van der Waals surface area contributed by atoms with Crippen LogP contribution in [0.4, 0.5) is 8.78 Å². The van der Waals surface area contributed by atoms with E-state index in [9.17, 15) is 28.9 Å². The number of phenolic OH excluding ortho intramolecular Hbond substituents is 1. The van der Waals surface area contributed by atoms with Gasteiger partial charge in [0, 0.05) is 24.0 Å². The lowest BCUT2D eigenvalue weighted by Gasteiger charge is -2.17. The highest BCUT2D eigenvalue weighted by molar-refractivity contribution is 8.15. The van der Waals surface area contributed by atoms with Crippen molar-refractivity contribution in [3.63, 3.8) is 0 Å². The largest absolute Gasteiger partial charge is 0.503 e. The molecule has 0 amide bonds. The monoisotopic (exact) mass is 427 g/mol. The number of halogens is 2. The number of thiazole rings is 1. The highest BCUT2D eigenvalue weighted by Crippen LogP contribution is 2.37. The lowest BCUT2D eigenvalue weighted by molar-refractivity contribution is -0.150. The van der Waals surface area contributed by atoms with Gasteiger partial charge in [-0.2, -0.15) is 0 Å². The van der Waals surface area contributed by atoms with Gasteiger partial charge in [0.05, 0.1) is 10.2 Å². The van der Waals surface area contributed by atoms with Gasteiger partial charge in [-0.15, -0.1) is 27.8 Å². The zero-order valence-electron chi connectivity index (χ0n) is 14.0. The van der Waals surface area contributed by atoms with Crippen molar-refractivity contribution in [2.24, 2.45) is 4.99 Å². The third kappa shape index (κ3) is 2.85. The van der Waals surface area contributed by atoms with Gasteiger partial charge >= 0.3 is 5.97 Å². The van der Waals surface area contributed by atoms with Gasteiger partial charge in [0.25, 0.3) is 0 Å². The zero-order chi connectivity index (χ0) is 20.2. The fourth-order valence-electron chi connectivity index (χ4n) is 2.47. The number of carbonyl (C=O) groups excluding carboxylic acids is 1. The maximum absolute atomic E-state index is 14.0. The van der Waals surface area contributed by atoms with Crippen molar-refractivity contribution in [3.8, 4) is 17.5 Å². The Morgan fingerprint density at radius 1 is 1.29 bits per heavy atom. The lowest BCUT2D eigenvalue weighted by atomic mass is 10.1. The molecule has 0 fully saturated rings. The molecule has 12 heteroatoms. The number of phenols is 1. The quantitative estimate of drug-likeness (QED) is 0.588. The summed E-state index contributed by atoms with van der Waals surface area (Å²) in [7, 11) is 0. The van der Waals surface area contributed by atoms with E-state index in [4.69, 9.17) is 4.84 Å². The van der Waals surface area contributed by atoms with Crippen molar-refractivity contribution in [2.45, 2.75) is 12.5 Å². The van der Waals surface area contributed by atoms with E-state index in [0.29, 0.717) is 9.77 Å². The number of benzene rings is 1. The molecular weight excluding hydrogens is 416 g/mol. The minimum atomic E-state index is -1.35. The number of carbonyl (C=O) groups is 1. The number of aliphatic imine (C=N–C) groups is 1. The summed E-state index contributed by atoms with van der Waals surface area (Å²) >= 11 is 2.03. The summed E-state index contributed by atoms with van der Waals surface area (Å²) in [6.07, 6.45) is 0. The molecule has 0 aliphatic carbocycles. The number of hydrogen-bond donors (Lipinski definition) is 3. The number of thioether (sulfide) groups is 1. The molecule has 28 heavy (non-hydrogen) atoms. The first kappa shape index (κ1) is 18.5. The molecule has 3 heterocycles. The van der Waals surface area contributed by atoms with Crippen LogP contribution in [-0.2, 0) is 4.79 Å². The van der Waals surface area contributed by atoms with Crippen molar-refractivity contribution in [2.75, 3.05) is 5.75 Å². The first-order chi connectivity index (χ1) is 13.2. The molecule has 3 aromatic rings. The summed E-state index contributed by atoms with van der Waals surface area (Å²) in [6.45, 7) is 1.49. The summed E-state index contributed by atoms with van der Waals surface area (Å²) in [5.74, 6) is -4.91. The highest BCUT2D eigenvalue weighted by Gasteiger charge is 2.42. The molecule has 1 aliphatic rings. The molecule has 0 saturated heterocycles. The molecule has 0 radical (unpaired) electrons. The van der Waals surface area contributed by atoms with Crippen molar-refractivity contribution >= 4 is 44.3 Å². The van der Waals surface area contributed by atoms with Crippen LogP contribution in [-0.4, -0.2) is 47.3 Å². The van der Waals surface area contributed by atoms with E-state index in [2.05, 4.69) is 9.98 Å². The van der Waals surface area contributed by atoms with E-state index in [1.54, 1.807) is 0 Å². The smallest absolute Gasteiger partial charge is 0.361 e. The predicted molar refractivity (Wildman–Crippen MR) is 97.9 cm³/mol. The summed E-state index contributed by atoms with van der Waals surface area (Å²) in [4.78, 5) is 25.9. The molecule has 0 saturated carbocycles. The predicted octanol–water partition coefficient (Wildman–Crippen LogP) is 2.40. The molecule has 1 aromatic carbocycles. The minimum absolute atomic E-state index is 0.0227. The maximum Gasteiger partial charge on any atom is 0.361 e. The number of nitrogens with zero attached hydrogens (tertiary/aromatic N) is 3. The summed E-state index contributed by atoms with van der Waals surface area (Å²) < 4.78 is 28.1. The van der Waals surface area contributed by atoms with Gasteiger partial charge in [0.15, 0.2) is 22.9 Å². The fraction of sp³-hybridized carbons (Fsp3) is 0.188. The van der Waals surface area contributed by atoms with E-state index in [1.807, 2.05) is 0 Å². The van der Waals surface area contributed by atoms with E-state index < -0.39 is 40.7 Å². The highest BCUT2D eigenvalue weighted by atomic mass is 32.2. The molecule has 1 atom stereocenters. The van der Waals surface area contributed by atoms with Crippen LogP contribution in [0.25, 0.3) is 10.2 Å². The van der Waals surface area contributed by atoms with Crippen LogP contribution in [0.5, 0.6) is 17.5 Å². The third-order valence-corrected chi connectivity index (χ3v) is 6.45. The first-order valence-electron chi connectivity index (χ1n) is 7.72. The van der Waals surface area contributed by atoms with Crippen molar-refractivity contribution in [1.82, 2.24) is 9.71 Å². The third-order valence-electron chi connectivity index (χ3n) is 3.98. The summed E-state index contributed by atoms with van der Waals surface area (Å²) in [5.41, 5.74) is -1.33. The number of aromatic nitrogens is 2. The van der Waals surface area contributed by atoms with Crippen LogP contribution in [0.15, 0.2) is 23.2 Å². The Hall–Kier alpha value is -2.86.